The topological polar surface area (TPSA) is 26.0 Å². The number of fused-ring (bicyclic) bond motifs is 2. The van der Waals surface area contributed by atoms with Crippen molar-refractivity contribution in [1.82, 2.24) is 0 Å². The van der Waals surface area contributed by atoms with Gasteiger partial charge in [-0.2, -0.15) is 0 Å². The Morgan fingerprint density at radius 1 is 0.476 bits per heavy atom. The molecular formula is C20H13N. The predicted molar refractivity (Wildman–Crippen MR) is 92.1 cm³/mol. The zero-order valence-electron chi connectivity index (χ0n) is 11.4. The Balaban J connectivity index is 2.32. The molecule has 1 nitrogen and oxygen atoms in total. The maximum absolute atomic E-state index is 6.33. The van der Waals surface area contributed by atoms with E-state index in [4.69, 9.17) is 5.73 Å². The smallest absolute Gasteiger partial charge is 0.0400 e. The van der Waals surface area contributed by atoms with E-state index in [-0.39, 0.29) is 0 Å². The molecule has 5 aromatic rings. The van der Waals surface area contributed by atoms with E-state index in [1.165, 1.54) is 43.1 Å². The van der Waals surface area contributed by atoms with Crippen molar-refractivity contribution in [2.45, 2.75) is 0 Å². The highest BCUT2D eigenvalue weighted by molar-refractivity contribution is 6.34. The molecule has 0 heterocycles. The van der Waals surface area contributed by atoms with Crippen molar-refractivity contribution in [3.8, 4) is 0 Å². The van der Waals surface area contributed by atoms with Crippen molar-refractivity contribution in [1.29, 1.82) is 0 Å². The molecule has 0 spiro atoms. The molecule has 5 rings (SSSR count). The molecule has 21 heavy (non-hydrogen) atoms. The molecule has 0 fully saturated rings. The van der Waals surface area contributed by atoms with Gasteiger partial charge in [0.25, 0.3) is 0 Å². The first kappa shape index (κ1) is 10.9. The van der Waals surface area contributed by atoms with Crippen molar-refractivity contribution in [3.05, 3.63) is 66.7 Å². The van der Waals surface area contributed by atoms with Gasteiger partial charge < -0.3 is 5.73 Å². The third-order valence-electron chi connectivity index (χ3n) is 4.54. The second kappa shape index (κ2) is 3.64. The van der Waals surface area contributed by atoms with Crippen LogP contribution in [0.5, 0.6) is 0 Å². The summed E-state index contributed by atoms with van der Waals surface area (Å²) in [7, 11) is 0. The monoisotopic (exact) mass is 267 g/mol. The number of nitrogen functional groups attached to an aromatic ring is 1. The molecule has 98 valence electrons. The number of rotatable bonds is 0. The van der Waals surface area contributed by atoms with E-state index >= 15 is 0 Å². The minimum atomic E-state index is 0.858. The summed E-state index contributed by atoms with van der Waals surface area (Å²) in [5.74, 6) is 0. The molecule has 0 radical (unpaired) electrons. The van der Waals surface area contributed by atoms with Crippen LogP contribution in [0.4, 0.5) is 5.69 Å². The maximum atomic E-state index is 6.33. The SMILES string of the molecule is Nc1ccc2cccc3c4cccc5cccc(c1c23)c54. The van der Waals surface area contributed by atoms with Gasteiger partial charge in [-0.3, -0.25) is 0 Å². The van der Waals surface area contributed by atoms with Crippen molar-refractivity contribution < 1.29 is 0 Å². The van der Waals surface area contributed by atoms with E-state index in [0.717, 1.165) is 5.69 Å². The molecule has 2 N–H and O–H groups in total. The van der Waals surface area contributed by atoms with Crippen LogP contribution >= 0.6 is 0 Å². The minimum Gasteiger partial charge on any atom is -0.398 e. The van der Waals surface area contributed by atoms with E-state index in [1.54, 1.807) is 0 Å². The summed E-state index contributed by atoms with van der Waals surface area (Å²) in [5, 5.41) is 10.2. The lowest BCUT2D eigenvalue weighted by Crippen LogP contribution is -1.91. The van der Waals surface area contributed by atoms with Crippen molar-refractivity contribution in [3.63, 3.8) is 0 Å². The Kier molecular flexibility index (Phi) is 1.90. The molecule has 1 heteroatoms. The molecular weight excluding hydrogens is 254 g/mol. The second-order valence-electron chi connectivity index (χ2n) is 5.64. The van der Waals surface area contributed by atoms with Gasteiger partial charge in [-0.05, 0) is 43.8 Å². The minimum absolute atomic E-state index is 0.858. The highest BCUT2D eigenvalue weighted by atomic mass is 14.6. The number of hydrogen-bond acceptors (Lipinski definition) is 1. The zero-order chi connectivity index (χ0) is 14.0. The lowest BCUT2D eigenvalue weighted by Gasteiger charge is -2.15. The van der Waals surface area contributed by atoms with Crippen LogP contribution in [0.2, 0.25) is 0 Å². The third-order valence-corrected chi connectivity index (χ3v) is 4.54. The first-order valence-corrected chi connectivity index (χ1v) is 7.18. The van der Waals surface area contributed by atoms with Gasteiger partial charge in [0, 0.05) is 11.1 Å². The van der Waals surface area contributed by atoms with Gasteiger partial charge in [-0.15, -0.1) is 0 Å². The van der Waals surface area contributed by atoms with Gasteiger partial charge in [0.15, 0.2) is 0 Å². The average Bonchev–Trinajstić information content (AvgIpc) is 2.53. The number of benzene rings is 5. The molecule has 0 unspecified atom stereocenters. The Labute approximate surface area is 121 Å². The van der Waals surface area contributed by atoms with Gasteiger partial charge in [0.2, 0.25) is 0 Å². The van der Waals surface area contributed by atoms with Crippen LogP contribution in [0.3, 0.4) is 0 Å². The number of hydrogen-bond donors (Lipinski definition) is 1. The largest absolute Gasteiger partial charge is 0.398 e. The quantitative estimate of drug-likeness (QED) is 0.229. The van der Waals surface area contributed by atoms with Gasteiger partial charge in [0.1, 0.15) is 0 Å². The Morgan fingerprint density at radius 2 is 1.05 bits per heavy atom. The molecule has 0 amide bonds. The summed E-state index contributed by atoms with van der Waals surface area (Å²) in [6.45, 7) is 0. The molecule has 0 saturated heterocycles. The van der Waals surface area contributed by atoms with Gasteiger partial charge in [0.05, 0.1) is 0 Å². The van der Waals surface area contributed by atoms with Crippen LogP contribution in [0.1, 0.15) is 0 Å². The first-order chi connectivity index (χ1) is 10.3. The Hall–Kier alpha value is -2.80. The molecule has 0 aliphatic heterocycles. The Morgan fingerprint density at radius 3 is 1.76 bits per heavy atom. The van der Waals surface area contributed by atoms with Crippen LogP contribution in [0, 0.1) is 0 Å². The van der Waals surface area contributed by atoms with Crippen molar-refractivity contribution in [2.24, 2.45) is 0 Å². The number of nitrogens with two attached hydrogens (primary N) is 1. The average molecular weight is 267 g/mol. The van der Waals surface area contributed by atoms with Gasteiger partial charge in [-0.1, -0.05) is 60.7 Å². The van der Waals surface area contributed by atoms with Crippen LogP contribution in [0.25, 0.3) is 43.1 Å². The molecule has 5 aromatic carbocycles. The van der Waals surface area contributed by atoms with Crippen LogP contribution in [-0.2, 0) is 0 Å². The predicted octanol–water partition coefficient (Wildman–Crippen LogP) is 5.32. The highest BCUT2D eigenvalue weighted by Crippen LogP contribution is 2.41. The summed E-state index contributed by atoms with van der Waals surface area (Å²) in [5.41, 5.74) is 7.19. The van der Waals surface area contributed by atoms with Gasteiger partial charge >= 0.3 is 0 Å². The lowest BCUT2D eigenvalue weighted by atomic mass is 9.89. The summed E-state index contributed by atoms with van der Waals surface area (Å²) in [4.78, 5) is 0. The van der Waals surface area contributed by atoms with E-state index in [9.17, 15) is 0 Å². The van der Waals surface area contributed by atoms with Crippen molar-refractivity contribution >= 4 is 48.8 Å². The first-order valence-electron chi connectivity index (χ1n) is 7.18. The summed E-state index contributed by atoms with van der Waals surface area (Å²) in [6.07, 6.45) is 0. The molecule has 0 aliphatic rings. The fraction of sp³-hybridized carbons (Fsp3) is 0. The third kappa shape index (κ3) is 1.26. The number of anilines is 1. The zero-order valence-corrected chi connectivity index (χ0v) is 11.4. The summed E-state index contributed by atoms with van der Waals surface area (Å²) < 4.78 is 0. The van der Waals surface area contributed by atoms with E-state index in [2.05, 4.69) is 60.7 Å². The normalized spacial score (nSPS) is 12.0. The van der Waals surface area contributed by atoms with Crippen LogP contribution in [0.15, 0.2) is 66.7 Å². The van der Waals surface area contributed by atoms with E-state index in [0.29, 0.717) is 0 Å². The standard InChI is InChI=1S/C20H13N/c21-17-11-10-13-6-2-8-15-14-7-1-4-12-5-3-9-16(18(12)14)20(17)19(13)15/h1-11H,21H2. The fourth-order valence-electron chi connectivity index (χ4n) is 3.68. The molecule has 0 aliphatic carbocycles. The maximum Gasteiger partial charge on any atom is 0.0400 e. The molecule has 0 atom stereocenters. The summed E-state index contributed by atoms with van der Waals surface area (Å²) >= 11 is 0. The molecule has 0 saturated carbocycles. The van der Waals surface area contributed by atoms with Gasteiger partial charge in [-0.25, -0.2) is 0 Å². The Bertz CT molecular complexity index is 1130. The lowest BCUT2D eigenvalue weighted by molar-refractivity contribution is 1.77. The van der Waals surface area contributed by atoms with Crippen LogP contribution in [-0.4, -0.2) is 0 Å². The van der Waals surface area contributed by atoms with E-state index < -0.39 is 0 Å². The van der Waals surface area contributed by atoms with Crippen molar-refractivity contribution in [2.75, 3.05) is 5.73 Å². The van der Waals surface area contributed by atoms with Crippen LogP contribution < -0.4 is 5.73 Å². The fourth-order valence-corrected chi connectivity index (χ4v) is 3.68. The second-order valence-corrected chi connectivity index (χ2v) is 5.64. The van der Waals surface area contributed by atoms with E-state index in [1.807, 2.05) is 6.07 Å². The molecule has 0 bridgehead atoms. The molecule has 0 aromatic heterocycles. The highest BCUT2D eigenvalue weighted by Gasteiger charge is 2.13. The summed E-state index contributed by atoms with van der Waals surface area (Å²) in [6, 6.07) is 23.6.